The van der Waals surface area contributed by atoms with Gasteiger partial charge in [-0.3, -0.25) is 4.79 Å². The van der Waals surface area contributed by atoms with E-state index in [1.54, 1.807) is 43.5 Å². The number of methoxy groups -OCH3 is 1. The van der Waals surface area contributed by atoms with E-state index in [1.807, 2.05) is 6.92 Å². The van der Waals surface area contributed by atoms with E-state index in [-0.39, 0.29) is 5.91 Å². The first kappa shape index (κ1) is 13.9. The number of hydrogen-bond donors (Lipinski definition) is 2. The number of carbonyl (C=O) groups excluding carboxylic acids is 1. The van der Waals surface area contributed by atoms with Gasteiger partial charge in [0.25, 0.3) is 5.91 Å². The smallest absolute Gasteiger partial charge is 0.255 e. The van der Waals surface area contributed by atoms with E-state index >= 15 is 0 Å². The van der Waals surface area contributed by atoms with Crippen molar-refractivity contribution in [3.8, 4) is 5.75 Å². The van der Waals surface area contributed by atoms with Gasteiger partial charge in [0.2, 0.25) is 0 Å². The molecular formula is C15H17N3O2. The number of hydrogen-bond acceptors (Lipinski definition) is 4. The van der Waals surface area contributed by atoms with Crippen LogP contribution in [0.1, 0.15) is 23.0 Å². The minimum absolute atomic E-state index is 0.209. The fraction of sp³-hybridized carbons (Fsp3) is 0.200. The van der Waals surface area contributed by atoms with Gasteiger partial charge in [0.15, 0.2) is 0 Å². The summed E-state index contributed by atoms with van der Waals surface area (Å²) in [5, 5.41) is 2.81. The Morgan fingerprint density at radius 2 is 2.00 bits per heavy atom. The van der Waals surface area contributed by atoms with Crippen LogP contribution < -0.4 is 15.8 Å². The van der Waals surface area contributed by atoms with Crippen molar-refractivity contribution < 1.29 is 9.53 Å². The number of nitrogens with two attached hydrogens (primary N) is 1. The minimum Gasteiger partial charge on any atom is -0.497 e. The van der Waals surface area contributed by atoms with Gasteiger partial charge in [-0.05, 0) is 42.8 Å². The number of rotatable bonds is 4. The molecule has 1 aromatic heterocycles. The summed E-state index contributed by atoms with van der Waals surface area (Å²) in [5.74, 6) is 0.882. The molecule has 5 heteroatoms. The van der Waals surface area contributed by atoms with Crippen LogP contribution in [0.4, 0.5) is 11.5 Å². The van der Waals surface area contributed by atoms with Crippen LogP contribution >= 0.6 is 0 Å². The molecule has 1 aromatic carbocycles. The van der Waals surface area contributed by atoms with Crippen LogP contribution in [0.2, 0.25) is 0 Å². The average Bonchev–Trinajstić information content (AvgIpc) is 2.47. The molecule has 0 atom stereocenters. The first-order valence-corrected chi connectivity index (χ1v) is 6.34. The van der Waals surface area contributed by atoms with Gasteiger partial charge in [-0.2, -0.15) is 0 Å². The molecule has 2 rings (SSSR count). The van der Waals surface area contributed by atoms with E-state index in [0.29, 0.717) is 17.1 Å². The van der Waals surface area contributed by atoms with Crippen molar-refractivity contribution in [2.24, 2.45) is 0 Å². The van der Waals surface area contributed by atoms with Crippen molar-refractivity contribution in [2.75, 3.05) is 18.2 Å². The average molecular weight is 271 g/mol. The number of aryl methyl sites for hydroxylation is 1. The first-order valence-electron chi connectivity index (χ1n) is 6.34. The van der Waals surface area contributed by atoms with Crippen LogP contribution in [0.25, 0.3) is 0 Å². The Hall–Kier alpha value is -2.56. The van der Waals surface area contributed by atoms with Crippen molar-refractivity contribution in [1.29, 1.82) is 0 Å². The maximum atomic E-state index is 12.2. The first-order chi connectivity index (χ1) is 9.62. The molecule has 0 aliphatic carbocycles. The highest BCUT2D eigenvalue weighted by atomic mass is 16.5. The van der Waals surface area contributed by atoms with Crippen molar-refractivity contribution in [2.45, 2.75) is 13.3 Å². The van der Waals surface area contributed by atoms with Crippen molar-refractivity contribution >= 4 is 17.4 Å². The summed E-state index contributed by atoms with van der Waals surface area (Å²) >= 11 is 0. The topological polar surface area (TPSA) is 77.2 Å². The van der Waals surface area contributed by atoms with Gasteiger partial charge in [-0.15, -0.1) is 0 Å². The third kappa shape index (κ3) is 3.26. The van der Waals surface area contributed by atoms with Crippen LogP contribution in [0.3, 0.4) is 0 Å². The van der Waals surface area contributed by atoms with E-state index in [2.05, 4.69) is 10.3 Å². The summed E-state index contributed by atoms with van der Waals surface area (Å²) in [4.78, 5) is 16.3. The summed E-state index contributed by atoms with van der Waals surface area (Å²) in [6.45, 7) is 1.97. The molecule has 0 saturated carbocycles. The number of nitrogens with zero attached hydrogens (tertiary/aromatic N) is 1. The Morgan fingerprint density at radius 1 is 1.30 bits per heavy atom. The SMILES string of the molecule is CCc1cc(C(=O)Nc2ccc(OC)cc2)cc(N)n1. The monoisotopic (exact) mass is 271 g/mol. The summed E-state index contributed by atoms with van der Waals surface area (Å²) < 4.78 is 5.07. The highest BCUT2D eigenvalue weighted by Gasteiger charge is 2.09. The van der Waals surface area contributed by atoms with Crippen LogP contribution in [0.15, 0.2) is 36.4 Å². The van der Waals surface area contributed by atoms with Gasteiger partial charge in [0.1, 0.15) is 11.6 Å². The molecule has 0 aliphatic heterocycles. The summed E-state index contributed by atoms with van der Waals surface area (Å²) in [6, 6.07) is 10.4. The summed E-state index contributed by atoms with van der Waals surface area (Å²) in [6.07, 6.45) is 0.730. The lowest BCUT2D eigenvalue weighted by atomic mass is 10.1. The van der Waals surface area contributed by atoms with Crippen LogP contribution in [0, 0.1) is 0 Å². The third-order valence-corrected chi connectivity index (χ3v) is 2.87. The van der Waals surface area contributed by atoms with E-state index in [0.717, 1.165) is 17.9 Å². The fourth-order valence-electron chi connectivity index (χ4n) is 1.80. The van der Waals surface area contributed by atoms with Gasteiger partial charge in [-0.1, -0.05) is 6.92 Å². The number of nitrogen functional groups attached to an aromatic ring is 1. The molecule has 1 amide bonds. The van der Waals surface area contributed by atoms with E-state index < -0.39 is 0 Å². The second-order valence-electron chi connectivity index (χ2n) is 4.31. The molecule has 0 fully saturated rings. The van der Waals surface area contributed by atoms with E-state index in [9.17, 15) is 4.79 Å². The largest absolute Gasteiger partial charge is 0.497 e. The molecule has 5 nitrogen and oxygen atoms in total. The predicted octanol–water partition coefficient (Wildman–Crippen LogP) is 2.49. The van der Waals surface area contributed by atoms with Gasteiger partial charge >= 0.3 is 0 Å². The summed E-state index contributed by atoms with van der Waals surface area (Å²) in [5.41, 5.74) is 7.70. The van der Waals surface area contributed by atoms with Gasteiger partial charge < -0.3 is 15.8 Å². The summed E-state index contributed by atoms with van der Waals surface area (Å²) in [7, 11) is 1.60. The maximum Gasteiger partial charge on any atom is 0.255 e. The fourth-order valence-corrected chi connectivity index (χ4v) is 1.80. The Labute approximate surface area is 117 Å². The Balaban J connectivity index is 2.16. The van der Waals surface area contributed by atoms with E-state index in [1.165, 1.54) is 0 Å². The second kappa shape index (κ2) is 6.06. The zero-order valence-corrected chi connectivity index (χ0v) is 11.5. The number of benzene rings is 1. The zero-order chi connectivity index (χ0) is 14.5. The molecular weight excluding hydrogens is 254 g/mol. The quantitative estimate of drug-likeness (QED) is 0.895. The molecule has 104 valence electrons. The number of ether oxygens (including phenoxy) is 1. The minimum atomic E-state index is -0.209. The molecule has 0 bridgehead atoms. The number of nitrogens with one attached hydrogen (secondary N) is 1. The zero-order valence-electron chi connectivity index (χ0n) is 11.5. The predicted molar refractivity (Wildman–Crippen MR) is 79.0 cm³/mol. The normalized spacial score (nSPS) is 10.1. The van der Waals surface area contributed by atoms with E-state index in [4.69, 9.17) is 10.5 Å². The molecule has 0 radical (unpaired) electrons. The number of amides is 1. The highest BCUT2D eigenvalue weighted by Crippen LogP contribution is 2.16. The molecule has 2 aromatic rings. The highest BCUT2D eigenvalue weighted by molar-refractivity contribution is 6.04. The van der Waals surface area contributed by atoms with Crippen molar-refractivity contribution in [3.63, 3.8) is 0 Å². The lowest BCUT2D eigenvalue weighted by Gasteiger charge is -2.08. The maximum absolute atomic E-state index is 12.2. The molecule has 0 aliphatic rings. The molecule has 0 unspecified atom stereocenters. The molecule has 0 spiro atoms. The van der Waals surface area contributed by atoms with Crippen LogP contribution in [-0.4, -0.2) is 18.0 Å². The van der Waals surface area contributed by atoms with Crippen LogP contribution in [0.5, 0.6) is 5.75 Å². The molecule has 20 heavy (non-hydrogen) atoms. The lowest BCUT2D eigenvalue weighted by molar-refractivity contribution is 0.102. The van der Waals surface area contributed by atoms with Gasteiger partial charge in [0, 0.05) is 16.9 Å². The van der Waals surface area contributed by atoms with Gasteiger partial charge in [0.05, 0.1) is 7.11 Å². The number of pyridine rings is 1. The molecule has 3 N–H and O–H groups in total. The second-order valence-corrected chi connectivity index (χ2v) is 4.31. The van der Waals surface area contributed by atoms with Crippen molar-refractivity contribution in [3.05, 3.63) is 47.7 Å². The Morgan fingerprint density at radius 3 is 2.60 bits per heavy atom. The number of aromatic nitrogens is 1. The number of carbonyl (C=O) groups is 1. The number of anilines is 2. The Bertz CT molecular complexity index is 609. The van der Waals surface area contributed by atoms with Crippen molar-refractivity contribution in [1.82, 2.24) is 4.98 Å². The Kier molecular flexibility index (Phi) is 4.20. The molecule has 1 heterocycles. The van der Waals surface area contributed by atoms with Crippen LogP contribution in [-0.2, 0) is 6.42 Å². The molecule has 0 saturated heterocycles. The third-order valence-electron chi connectivity index (χ3n) is 2.87. The standard InChI is InChI=1S/C15H17N3O2/c1-3-11-8-10(9-14(16)17-11)15(19)18-12-4-6-13(20-2)7-5-12/h4-9H,3H2,1-2H3,(H2,16,17)(H,18,19). The lowest BCUT2D eigenvalue weighted by Crippen LogP contribution is -2.13. The van der Waals surface area contributed by atoms with Gasteiger partial charge in [-0.25, -0.2) is 4.98 Å².